The molecule has 5 nitrogen and oxygen atoms in total. The smallest absolute Gasteiger partial charge is 0.260 e. The Morgan fingerprint density at radius 1 is 1.04 bits per heavy atom. The Labute approximate surface area is 172 Å². The van der Waals surface area contributed by atoms with Gasteiger partial charge in [0.2, 0.25) is 5.91 Å². The SMILES string of the molecule is O=C(CSc1nc2sccc2c(=O)[nH]1)N1c2ccccc2Sc2ccccc21. The minimum Gasteiger partial charge on any atom is -0.301 e. The number of aromatic amines is 1. The van der Waals surface area contributed by atoms with Gasteiger partial charge in [-0.05, 0) is 35.7 Å². The van der Waals surface area contributed by atoms with Gasteiger partial charge in [0.05, 0.1) is 22.5 Å². The number of nitrogens with one attached hydrogen (secondary N) is 1. The van der Waals surface area contributed by atoms with Crippen LogP contribution in [0.3, 0.4) is 0 Å². The molecule has 0 saturated carbocycles. The van der Waals surface area contributed by atoms with Crippen molar-refractivity contribution in [3.05, 3.63) is 70.3 Å². The van der Waals surface area contributed by atoms with E-state index >= 15 is 0 Å². The molecule has 0 fully saturated rings. The average molecular weight is 424 g/mol. The summed E-state index contributed by atoms with van der Waals surface area (Å²) in [5, 5.41) is 2.88. The van der Waals surface area contributed by atoms with Crippen molar-refractivity contribution in [2.45, 2.75) is 14.9 Å². The van der Waals surface area contributed by atoms with Crippen molar-refractivity contribution in [3.63, 3.8) is 0 Å². The maximum atomic E-state index is 13.2. The van der Waals surface area contributed by atoms with E-state index in [0.29, 0.717) is 15.4 Å². The van der Waals surface area contributed by atoms with Crippen LogP contribution in [-0.2, 0) is 4.79 Å². The number of hydrogen-bond acceptors (Lipinski definition) is 6. The first-order chi connectivity index (χ1) is 13.7. The van der Waals surface area contributed by atoms with Gasteiger partial charge in [-0.15, -0.1) is 11.3 Å². The number of carbonyl (C=O) groups is 1. The Balaban J connectivity index is 1.46. The second-order valence-electron chi connectivity index (χ2n) is 6.07. The van der Waals surface area contributed by atoms with Gasteiger partial charge in [0, 0.05) is 9.79 Å². The molecular formula is C20H13N3O2S3. The third-order valence-corrected chi connectivity index (χ3v) is 7.12. The van der Waals surface area contributed by atoms with E-state index in [4.69, 9.17) is 0 Å². The lowest BCUT2D eigenvalue weighted by molar-refractivity contribution is -0.115. The standard InChI is InChI=1S/C20H13N3O2S3/c24-17(11-27-20-21-18(25)12-9-10-26-19(12)22-20)23-13-5-1-3-7-15(13)28-16-8-4-2-6-14(16)23/h1-10H,11H2,(H,21,22,25). The summed E-state index contributed by atoms with van der Waals surface area (Å²) in [5.41, 5.74) is 1.59. The fourth-order valence-corrected chi connectivity index (χ4v) is 5.67. The lowest BCUT2D eigenvalue weighted by Crippen LogP contribution is -2.30. The van der Waals surface area contributed by atoms with Crippen LogP contribution in [0, 0.1) is 0 Å². The van der Waals surface area contributed by atoms with Gasteiger partial charge < -0.3 is 4.98 Å². The Morgan fingerprint density at radius 2 is 1.71 bits per heavy atom. The fourth-order valence-electron chi connectivity index (χ4n) is 3.08. The zero-order valence-electron chi connectivity index (χ0n) is 14.4. The number of fused-ring (bicyclic) bond motifs is 3. The number of benzene rings is 2. The number of rotatable bonds is 3. The van der Waals surface area contributed by atoms with Crippen molar-refractivity contribution >= 4 is 62.4 Å². The third kappa shape index (κ3) is 3.03. The summed E-state index contributed by atoms with van der Waals surface area (Å²) in [7, 11) is 0. The Bertz CT molecular complexity index is 1220. The van der Waals surface area contributed by atoms with Gasteiger partial charge in [0.1, 0.15) is 4.83 Å². The van der Waals surface area contributed by atoms with E-state index in [1.165, 1.54) is 23.1 Å². The summed E-state index contributed by atoms with van der Waals surface area (Å²) in [5.74, 6) is 0.117. The average Bonchev–Trinajstić information content (AvgIpc) is 3.19. The summed E-state index contributed by atoms with van der Waals surface area (Å²) < 4.78 is 0. The number of H-pyrrole nitrogens is 1. The Morgan fingerprint density at radius 3 is 2.43 bits per heavy atom. The number of carbonyl (C=O) groups excluding carboxylic acids is 1. The van der Waals surface area contributed by atoms with Gasteiger partial charge in [-0.1, -0.05) is 47.8 Å². The van der Waals surface area contributed by atoms with E-state index in [2.05, 4.69) is 9.97 Å². The zero-order valence-corrected chi connectivity index (χ0v) is 16.9. The second kappa shape index (κ2) is 7.12. The van der Waals surface area contributed by atoms with E-state index in [1.54, 1.807) is 22.7 Å². The molecule has 1 amide bonds. The lowest BCUT2D eigenvalue weighted by Gasteiger charge is -2.30. The quantitative estimate of drug-likeness (QED) is 0.375. The number of para-hydroxylation sites is 2. The topological polar surface area (TPSA) is 66.1 Å². The first-order valence-electron chi connectivity index (χ1n) is 8.50. The maximum absolute atomic E-state index is 13.2. The summed E-state index contributed by atoms with van der Waals surface area (Å²) in [4.78, 5) is 37.1. The maximum Gasteiger partial charge on any atom is 0.260 e. The molecule has 0 saturated heterocycles. The normalized spacial score (nSPS) is 12.6. The first-order valence-corrected chi connectivity index (χ1v) is 11.2. The van der Waals surface area contributed by atoms with Gasteiger partial charge in [0.15, 0.2) is 5.16 Å². The van der Waals surface area contributed by atoms with Crippen LogP contribution >= 0.6 is 34.9 Å². The van der Waals surface area contributed by atoms with E-state index < -0.39 is 0 Å². The van der Waals surface area contributed by atoms with Crippen molar-refractivity contribution in [1.82, 2.24) is 9.97 Å². The molecule has 1 aliphatic heterocycles. The number of aromatic nitrogens is 2. The number of amides is 1. The molecule has 8 heteroatoms. The molecule has 0 atom stereocenters. The molecule has 0 aliphatic carbocycles. The van der Waals surface area contributed by atoms with Crippen molar-refractivity contribution in [2.75, 3.05) is 10.7 Å². The zero-order chi connectivity index (χ0) is 19.1. The summed E-state index contributed by atoms with van der Waals surface area (Å²) >= 11 is 4.33. The number of hydrogen-bond donors (Lipinski definition) is 1. The Hall–Kier alpha value is -2.55. The molecule has 5 rings (SSSR count). The molecule has 4 aromatic rings. The molecule has 0 spiro atoms. The van der Waals surface area contributed by atoms with Gasteiger partial charge in [-0.2, -0.15) is 0 Å². The minimum atomic E-state index is -0.175. The molecule has 0 unspecified atom stereocenters. The molecule has 138 valence electrons. The van der Waals surface area contributed by atoms with Crippen LogP contribution < -0.4 is 10.5 Å². The first kappa shape index (κ1) is 17.5. The fraction of sp³-hybridized carbons (Fsp3) is 0.0500. The molecule has 0 radical (unpaired) electrons. The highest BCUT2D eigenvalue weighted by molar-refractivity contribution is 8.00. The highest BCUT2D eigenvalue weighted by Gasteiger charge is 2.27. The molecule has 2 aromatic carbocycles. The number of anilines is 2. The molecular weight excluding hydrogens is 410 g/mol. The van der Waals surface area contributed by atoms with Gasteiger partial charge >= 0.3 is 0 Å². The number of thioether (sulfide) groups is 1. The van der Waals surface area contributed by atoms with E-state index in [9.17, 15) is 9.59 Å². The van der Waals surface area contributed by atoms with Gasteiger partial charge in [-0.3, -0.25) is 14.5 Å². The highest BCUT2D eigenvalue weighted by Crippen LogP contribution is 2.48. The van der Waals surface area contributed by atoms with Crippen molar-refractivity contribution in [2.24, 2.45) is 0 Å². The molecule has 1 N–H and O–H groups in total. The van der Waals surface area contributed by atoms with Crippen LogP contribution in [0.5, 0.6) is 0 Å². The lowest BCUT2D eigenvalue weighted by atomic mass is 10.2. The highest BCUT2D eigenvalue weighted by atomic mass is 32.2. The van der Waals surface area contributed by atoms with Crippen LogP contribution in [0.15, 0.2) is 79.7 Å². The molecule has 3 heterocycles. The van der Waals surface area contributed by atoms with E-state index in [-0.39, 0.29) is 17.2 Å². The second-order valence-corrected chi connectivity index (χ2v) is 9.01. The van der Waals surface area contributed by atoms with Crippen LogP contribution in [0.4, 0.5) is 11.4 Å². The van der Waals surface area contributed by atoms with Crippen LogP contribution in [0.25, 0.3) is 10.2 Å². The predicted octanol–water partition coefficient (Wildman–Crippen LogP) is 4.91. The van der Waals surface area contributed by atoms with Crippen molar-refractivity contribution in [1.29, 1.82) is 0 Å². The molecule has 0 bridgehead atoms. The van der Waals surface area contributed by atoms with Crippen LogP contribution in [0.2, 0.25) is 0 Å². The van der Waals surface area contributed by atoms with Gasteiger partial charge in [-0.25, -0.2) is 4.98 Å². The minimum absolute atomic E-state index is 0.0564. The van der Waals surface area contributed by atoms with Gasteiger partial charge in [0.25, 0.3) is 5.56 Å². The van der Waals surface area contributed by atoms with Crippen LogP contribution in [0.1, 0.15) is 0 Å². The van der Waals surface area contributed by atoms with Crippen molar-refractivity contribution in [3.8, 4) is 0 Å². The monoisotopic (exact) mass is 423 g/mol. The Kier molecular flexibility index (Phi) is 4.46. The molecule has 1 aliphatic rings. The predicted molar refractivity (Wildman–Crippen MR) is 115 cm³/mol. The van der Waals surface area contributed by atoms with Crippen LogP contribution in [-0.4, -0.2) is 21.6 Å². The summed E-state index contributed by atoms with van der Waals surface area (Å²) in [6.45, 7) is 0. The largest absolute Gasteiger partial charge is 0.301 e. The summed E-state index contributed by atoms with van der Waals surface area (Å²) in [6, 6.07) is 17.5. The number of thiophene rings is 1. The number of nitrogens with zero attached hydrogens (tertiary/aromatic N) is 2. The van der Waals surface area contributed by atoms with Crippen molar-refractivity contribution < 1.29 is 4.79 Å². The van der Waals surface area contributed by atoms with E-state index in [1.807, 2.05) is 53.9 Å². The molecule has 28 heavy (non-hydrogen) atoms. The summed E-state index contributed by atoms with van der Waals surface area (Å²) in [6.07, 6.45) is 0. The van der Waals surface area contributed by atoms with E-state index in [0.717, 1.165) is 21.2 Å². The third-order valence-electron chi connectivity index (χ3n) is 4.33. The molecule has 2 aromatic heterocycles.